The largest absolute Gasteiger partial charge is 1.00 e. The fourth-order valence-electron chi connectivity index (χ4n) is 12.3. The Morgan fingerprint density at radius 1 is 0.197 bits per heavy atom. The van der Waals surface area contributed by atoms with Crippen LogP contribution in [0.2, 0.25) is 0 Å². The second kappa shape index (κ2) is 46.6. The summed E-state index contributed by atoms with van der Waals surface area (Å²) < 4.78 is 0. The molecule has 0 aromatic rings. The molecule has 2 nitrogen and oxygen atoms in total. The minimum Gasteiger partial charge on any atom is -1.00 e. The van der Waals surface area contributed by atoms with Gasteiger partial charge in [-0.1, -0.05) is 233 Å². The predicted octanol–water partition coefficient (Wildman–Crippen LogP) is 13.1. The van der Waals surface area contributed by atoms with Gasteiger partial charge >= 0.3 is 0 Å². The summed E-state index contributed by atoms with van der Waals surface area (Å²) in [6, 6.07) is 0. The van der Waals surface area contributed by atoms with E-state index in [0.717, 1.165) is 0 Å². The van der Waals surface area contributed by atoms with E-state index < -0.39 is 0 Å². The molecule has 0 rings (SSSR count). The van der Waals surface area contributed by atoms with Gasteiger partial charge in [-0.05, 0) is 107 Å². The number of hydrogen-bond donors (Lipinski definition) is 2. The SMILES string of the molecule is CCCCCCCCCCCC(C)(C)[NH+](CCCCCC[NH+](C(C)(C)CCCCCCCCCCC)C(C)(C)CCCCCCCCCCC)C(C)(C)CCCCCCCCCCC.[Cl-].[Cl-]. The van der Waals surface area contributed by atoms with E-state index in [9.17, 15) is 0 Å². The van der Waals surface area contributed by atoms with E-state index in [0.29, 0.717) is 22.2 Å². The standard InChI is InChI=1S/C62H128N2.2ClH/c1-13-17-21-25-29-33-37-41-47-53-59(5,6)63(60(7,8)54-48-42-38-34-30-26-22-18-14-2)57-51-45-46-52-58-64(61(9,10)55-49-43-39-35-31-27-23-19-15-3)62(11,12)56-50-44-40-36-32-28-24-20-16-4;;/h13-58H2,1-12H3;2*1H. The maximum Gasteiger partial charge on any atom is 0.0924 e. The second-order valence-corrected chi connectivity index (χ2v) is 24.7. The monoisotopic (exact) mass is 973 g/mol. The summed E-state index contributed by atoms with van der Waals surface area (Å²) in [5, 5.41) is 0. The predicted molar refractivity (Wildman–Crippen MR) is 294 cm³/mol. The lowest BCUT2D eigenvalue weighted by Gasteiger charge is -2.46. The maximum absolute atomic E-state index is 2.65. The van der Waals surface area contributed by atoms with Gasteiger partial charge < -0.3 is 34.6 Å². The van der Waals surface area contributed by atoms with E-state index in [-0.39, 0.29) is 24.8 Å². The third kappa shape index (κ3) is 39.2. The first-order chi connectivity index (χ1) is 30.7. The van der Waals surface area contributed by atoms with Crippen molar-refractivity contribution in [1.82, 2.24) is 0 Å². The van der Waals surface area contributed by atoms with Crippen LogP contribution in [-0.4, -0.2) is 35.2 Å². The van der Waals surface area contributed by atoms with Crippen molar-refractivity contribution < 1.29 is 34.6 Å². The molecule has 0 radical (unpaired) electrons. The average Bonchev–Trinajstić information content (AvgIpc) is 3.24. The first-order valence-corrected chi connectivity index (χ1v) is 30.4. The number of quaternary nitrogens is 2. The summed E-state index contributed by atoms with van der Waals surface area (Å²) in [5.41, 5.74) is 1.40. The fourth-order valence-corrected chi connectivity index (χ4v) is 12.3. The molecule has 0 aromatic heterocycles. The second-order valence-electron chi connectivity index (χ2n) is 24.7. The van der Waals surface area contributed by atoms with Crippen LogP contribution in [0.4, 0.5) is 0 Å². The number of unbranched alkanes of at least 4 members (excludes halogenated alkanes) is 35. The van der Waals surface area contributed by atoms with E-state index in [1.807, 2.05) is 9.80 Å². The third-order valence-corrected chi connectivity index (χ3v) is 16.5. The van der Waals surface area contributed by atoms with Crippen LogP contribution in [0.25, 0.3) is 0 Å². The van der Waals surface area contributed by atoms with Crippen LogP contribution >= 0.6 is 0 Å². The Hall–Kier alpha value is 0.500. The van der Waals surface area contributed by atoms with E-state index in [2.05, 4.69) is 83.1 Å². The number of hydrogen-bond acceptors (Lipinski definition) is 0. The number of halogens is 2. The van der Waals surface area contributed by atoms with Crippen LogP contribution in [0, 0.1) is 0 Å². The summed E-state index contributed by atoms with van der Waals surface area (Å²) in [7, 11) is 0. The minimum atomic E-state index is 0. The smallest absolute Gasteiger partial charge is 0.0924 e. The fraction of sp³-hybridized carbons (Fsp3) is 1.00. The van der Waals surface area contributed by atoms with Crippen molar-refractivity contribution in [2.45, 2.75) is 388 Å². The van der Waals surface area contributed by atoms with Gasteiger partial charge in [0, 0.05) is 25.7 Å². The van der Waals surface area contributed by atoms with Gasteiger partial charge in [0.05, 0.1) is 35.2 Å². The molecular formula is C62H130Cl2N2. The average molecular weight is 975 g/mol. The van der Waals surface area contributed by atoms with Gasteiger partial charge in [0.2, 0.25) is 0 Å². The van der Waals surface area contributed by atoms with Crippen molar-refractivity contribution in [2.75, 3.05) is 13.1 Å². The molecule has 0 fully saturated rings. The third-order valence-electron chi connectivity index (χ3n) is 16.5. The van der Waals surface area contributed by atoms with Gasteiger partial charge in [-0.15, -0.1) is 0 Å². The van der Waals surface area contributed by atoms with E-state index in [1.54, 1.807) is 0 Å². The first-order valence-electron chi connectivity index (χ1n) is 30.4. The van der Waals surface area contributed by atoms with Crippen LogP contribution in [0.3, 0.4) is 0 Å². The molecular weight excluding hydrogens is 844 g/mol. The molecule has 0 aliphatic rings. The van der Waals surface area contributed by atoms with Crippen molar-refractivity contribution in [3.05, 3.63) is 0 Å². The zero-order valence-electron chi connectivity index (χ0n) is 48.3. The van der Waals surface area contributed by atoms with Crippen molar-refractivity contribution in [2.24, 2.45) is 0 Å². The van der Waals surface area contributed by atoms with Crippen molar-refractivity contribution in [3.63, 3.8) is 0 Å². The molecule has 0 bridgehead atoms. The van der Waals surface area contributed by atoms with E-state index in [1.165, 1.54) is 296 Å². The highest BCUT2D eigenvalue weighted by Gasteiger charge is 2.42. The Labute approximate surface area is 433 Å². The molecule has 0 spiro atoms. The van der Waals surface area contributed by atoms with Gasteiger partial charge in [0.15, 0.2) is 0 Å². The summed E-state index contributed by atoms with van der Waals surface area (Å²) in [6.45, 7) is 33.3. The zero-order chi connectivity index (χ0) is 47.7. The van der Waals surface area contributed by atoms with Crippen LogP contribution in [0.5, 0.6) is 0 Å². The number of rotatable bonds is 51. The van der Waals surface area contributed by atoms with Crippen molar-refractivity contribution in [1.29, 1.82) is 0 Å². The van der Waals surface area contributed by atoms with E-state index >= 15 is 0 Å². The first kappa shape index (κ1) is 70.8. The molecule has 4 heteroatoms. The lowest BCUT2D eigenvalue weighted by Crippen LogP contribution is -3.25. The molecule has 0 aromatic carbocycles. The molecule has 0 aliphatic carbocycles. The minimum absolute atomic E-state index is 0. The van der Waals surface area contributed by atoms with E-state index in [4.69, 9.17) is 0 Å². The summed E-state index contributed by atoms with van der Waals surface area (Å²) >= 11 is 0. The van der Waals surface area contributed by atoms with Crippen LogP contribution < -0.4 is 34.6 Å². The van der Waals surface area contributed by atoms with Gasteiger partial charge in [-0.25, -0.2) is 0 Å². The molecule has 66 heavy (non-hydrogen) atoms. The van der Waals surface area contributed by atoms with Crippen LogP contribution in [0.1, 0.15) is 366 Å². The van der Waals surface area contributed by atoms with Gasteiger partial charge in [0.1, 0.15) is 0 Å². The summed E-state index contributed by atoms with van der Waals surface area (Å²) in [4.78, 5) is 3.85. The molecule has 0 amide bonds. The Kier molecular flexibility index (Phi) is 49.9. The summed E-state index contributed by atoms with van der Waals surface area (Å²) in [6.07, 6.45) is 62.8. The van der Waals surface area contributed by atoms with Gasteiger partial charge in [-0.2, -0.15) is 0 Å². The Bertz CT molecular complexity index is 815. The lowest BCUT2D eigenvalue weighted by molar-refractivity contribution is -0.995. The molecule has 0 saturated carbocycles. The molecule has 0 unspecified atom stereocenters. The Morgan fingerprint density at radius 3 is 0.500 bits per heavy atom. The lowest BCUT2D eigenvalue weighted by atomic mass is 9.84. The Morgan fingerprint density at radius 2 is 0.333 bits per heavy atom. The maximum atomic E-state index is 2.65. The van der Waals surface area contributed by atoms with Crippen LogP contribution in [0.15, 0.2) is 0 Å². The van der Waals surface area contributed by atoms with Crippen molar-refractivity contribution >= 4 is 0 Å². The molecule has 0 aliphatic heterocycles. The Balaban J connectivity index is -0.0000198. The van der Waals surface area contributed by atoms with Gasteiger partial charge in [-0.3, -0.25) is 0 Å². The molecule has 2 N–H and O–H groups in total. The number of nitrogens with one attached hydrogen (secondary N) is 2. The van der Waals surface area contributed by atoms with Crippen LogP contribution in [-0.2, 0) is 0 Å². The van der Waals surface area contributed by atoms with Crippen molar-refractivity contribution in [3.8, 4) is 0 Å². The molecule has 0 heterocycles. The van der Waals surface area contributed by atoms with Gasteiger partial charge in [0.25, 0.3) is 0 Å². The normalized spacial score (nSPS) is 12.6. The highest BCUT2D eigenvalue weighted by molar-refractivity contribution is 4.77. The zero-order valence-corrected chi connectivity index (χ0v) is 49.8. The highest BCUT2D eigenvalue weighted by atomic mass is 35.5. The molecule has 402 valence electrons. The molecule has 0 atom stereocenters. The highest BCUT2D eigenvalue weighted by Crippen LogP contribution is 2.23. The molecule has 0 saturated heterocycles. The topological polar surface area (TPSA) is 8.88 Å². The quantitative estimate of drug-likeness (QED) is 0.0562. The summed E-state index contributed by atoms with van der Waals surface area (Å²) in [5.74, 6) is 0.